The minimum Gasteiger partial charge on any atom is -0.494 e. The minimum atomic E-state index is -0.564. The second-order valence-corrected chi connectivity index (χ2v) is 7.44. The molecule has 31 heavy (non-hydrogen) atoms. The zero-order valence-electron chi connectivity index (χ0n) is 17.7. The van der Waals surface area contributed by atoms with Crippen molar-refractivity contribution in [2.24, 2.45) is 0 Å². The van der Waals surface area contributed by atoms with Crippen LogP contribution in [0.25, 0.3) is 11.1 Å². The Kier molecular flexibility index (Phi) is 6.22. The Morgan fingerprint density at radius 2 is 1.87 bits per heavy atom. The van der Waals surface area contributed by atoms with Crippen molar-refractivity contribution in [3.05, 3.63) is 48.5 Å². The van der Waals surface area contributed by atoms with E-state index < -0.39 is 5.82 Å². The van der Waals surface area contributed by atoms with Crippen molar-refractivity contribution in [1.82, 2.24) is 20.2 Å². The molecule has 1 aromatic carbocycles. The predicted octanol–water partition coefficient (Wildman–Crippen LogP) is 3.83. The Balaban J connectivity index is 1.54. The Hall–Kier alpha value is -3.33. The first-order valence-electron chi connectivity index (χ1n) is 10.3. The molecule has 2 atom stereocenters. The molecule has 1 aliphatic heterocycles. The van der Waals surface area contributed by atoms with Gasteiger partial charge in [0.1, 0.15) is 5.75 Å². The summed E-state index contributed by atoms with van der Waals surface area (Å²) in [6.45, 7) is 7.82. The van der Waals surface area contributed by atoms with Crippen molar-refractivity contribution in [2.75, 3.05) is 29.9 Å². The van der Waals surface area contributed by atoms with Gasteiger partial charge in [0.25, 0.3) is 0 Å². The van der Waals surface area contributed by atoms with E-state index >= 15 is 0 Å². The summed E-state index contributed by atoms with van der Waals surface area (Å²) in [7, 11) is 0. The van der Waals surface area contributed by atoms with Gasteiger partial charge in [-0.3, -0.25) is 0 Å². The van der Waals surface area contributed by atoms with Crippen LogP contribution in [-0.2, 0) is 4.74 Å². The molecule has 0 saturated carbocycles. The van der Waals surface area contributed by atoms with Gasteiger partial charge >= 0.3 is 0 Å². The van der Waals surface area contributed by atoms with Gasteiger partial charge in [-0.05, 0) is 44.5 Å². The highest BCUT2D eigenvalue weighted by molar-refractivity contribution is 5.67. The fourth-order valence-electron chi connectivity index (χ4n) is 3.56. The van der Waals surface area contributed by atoms with Crippen LogP contribution in [0.4, 0.5) is 22.0 Å². The Bertz CT molecular complexity index is 1020. The quantitative estimate of drug-likeness (QED) is 0.639. The topological polar surface area (TPSA) is 85.3 Å². The Labute approximate surface area is 180 Å². The van der Waals surface area contributed by atoms with E-state index in [4.69, 9.17) is 9.47 Å². The first-order chi connectivity index (χ1) is 15.0. The number of halogens is 1. The molecule has 2 aromatic heterocycles. The van der Waals surface area contributed by atoms with Crippen molar-refractivity contribution < 1.29 is 13.9 Å². The van der Waals surface area contributed by atoms with Crippen LogP contribution in [0.2, 0.25) is 0 Å². The number of benzene rings is 1. The van der Waals surface area contributed by atoms with Gasteiger partial charge in [-0.1, -0.05) is 12.1 Å². The van der Waals surface area contributed by atoms with Crippen LogP contribution < -0.4 is 15.0 Å². The van der Waals surface area contributed by atoms with Crippen LogP contribution in [0.15, 0.2) is 42.7 Å². The smallest absolute Gasteiger partial charge is 0.227 e. The van der Waals surface area contributed by atoms with Crippen LogP contribution >= 0.6 is 0 Å². The highest BCUT2D eigenvalue weighted by Crippen LogP contribution is 2.26. The highest BCUT2D eigenvalue weighted by Gasteiger charge is 2.24. The van der Waals surface area contributed by atoms with Gasteiger partial charge < -0.3 is 19.7 Å². The second kappa shape index (κ2) is 9.22. The van der Waals surface area contributed by atoms with E-state index in [1.54, 1.807) is 12.3 Å². The molecule has 3 aromatic rings. The van der Waals surface area contributed by atoms with Crippen molar-refractivity contribution in [3.8, 4) is 16.9 Å². The third-order valence-electron chi connectivity index (χ3n) is 4.83. The van der Waals surface area contributed by atoms with E-state index in [0.29, 0.717) is 31.5 Å². The number of rotatable bonds is 6. The fraction of sp³-hybridized carbons (Fsp3) is 0.364. The molecule has 1 saturated heterocycles. The summed E-state index contributed by atoms with van der Waals surface area (Å²) in [6.07, 6.45) is 2.91. The van der Waals surface area contributed by atoms with Crippen molar-refractivity contribution in [3.63, 3.8) is 0 Å². The van der Waals surface area contributed by atoms with Gasteiger partial charge in [0.2, 0.25) is 5.95 Å². The van der Waals surface area contributed by atoms with Gasteiger partial charge in [0.15, 0.2) is 17.5 Å². The van der Waals surface area contributed by atoms with Crippen LogP contribution in [0, 0.1) is 5.82 Å². The minimum absolute atomic E-state index is 0.0467. The highest BCUT2D eigenvalue weighted by atomic mass is 19.1. The van der Waals surface area contributed by atoms with Crippen molar-refractivity contribution in [1.29, 1.82) is 0 Å². The SMILES string of the molecule is CCOc1ccc(-c2cnnc(Nc3nc(N4C[C@@H](C)O[C@@H](C)C4)ncc3F)c2)cc1. The summed E-state index contributed by atoms with van der Waals surface area (Å²) >= 11 is 0. The molecule has 0 spiro atoms. The Morgan fingerprint density at radius 3 is 2.58 bits per heavy atom. The lowest BCUT2D eigenvalue weighted by Gasteiger charge is -2.35. The number of nitrogens with zero attached hydrogens (tertiary/aromatic N) is 5. The van der Waals surface area contributed by atoms with E-state index in [1.165, 1.54) is 6.20 Å². The number of hydrogen-bond acceptors (Lipinski definition) is 8. The summed E-state index contributed by atoms with van der Waals surface area (Å²) in [5, 5.41) is 11.0. The summed E-state index contributed by atoms with van der Waals surface area (Å²) in [4.78, 5) is 10.5. The van der Waals surface area contributed by atoms with Gasteiger partial charge in [-0.15, -0.1) is 5.10 Å². The van der Waals surface area contributed by atoms with Gasteiger partial charge in [0.05, 0.1) is 31.2 Å². The second-order valence-electron chi connectivity index (χ2n) is 7.44. The number of hydrogen-bond donors (Lipinski definition) is 1. The molecule has 4 rings (SSSR count). The van der Waals surface area contributed by atoms with Gasteiger partial charge in [-0.25, -0.2) is 9.37 Å². The average Bonchev–Trinajstić information content (AvgIpc) is 2.76. The maximum absolute atomic E-state index is 14.4. The van der Waals surface area contributed by atoms with E-state index in [2.05, 4.69) is 25.5 Å². The molecule has 3 heterocycles. The lowest BCUT2D eigenvalue weighted by Crippen LogP contribution is -2.46. The molecule has 9 heteroatoms. The fourth-order valence-corrected chi connectivity index (χ4v) is 3.56. The molecule has 0 bridgehead atoms. The molecule has 1 aliphatic rings. The number of nitrogens with one attached hydrogen (secondary N) is 1. The van der Waals surface area contributed by atoms with Crippen molar-refractivity contribution in [2.45, 2.75) is 33.0 Å². The number of morpholine rings is 1. The molecule has 1 N–H and O–H groups in total. The lowest BCUT2D eigenvalue weighted by molar-refractivity contribution is -0.00572. The van der Waals surface area contributed by atoms with Crippen LogP contribution in [-0.4, -0.2) is 52.1 Å². The van der Waals surface area contributed by atoms with Crippen LogP contribution in [0.5, 0.6) is 5.75 Å². The third-order valence-corrected chi connectivity index (χ3v) is 4.83. The first kappa shape index (κ1) is 20.9. The maximum atomic E-state index is 14.4. The molecule has 0 unspecified atom stereocenters. The summed E-state index contributed by atoms with van der Waals surface area (Å²) < 4.78 is 25.7. The van der Waals surface area contributed by atoms with E-state index in [0.717, 1.165) is 16.9 Å². The number of anilines is 3. The molecule has 0 radical (unpaired) electrons. The summed E-state index contributed by atoms with van der Waals surface area (Å²) in [6, 6.07) is 9.47. The summed E-state index contributed by atoms with van der Waals surface area (Å²) in [5.74, 6) is 1.12. The Morgan fingerprint density at radius 1 is 1.13 bits per heavy atom. The molecular weight excluding hydrogens is 399 g/mol. The monoisotopic (exact) mass is 424 g/mol. The lowest BCUT2D eigenvalue weighted by atomic mass is 10.1. The van der Waals surface area contributed by atoms with E-state index in [1.807, 2.05) is 49.9 Å². The van der Waals surface area contributed by atoms with Gasteiger partial charge in [-0.2, -0.15) is 10.1 Å². The van der Waals surface area contributed by atoms with Gasteiger partial charge in [0, 0.05) is 18.7 Å². The molecule has 8 nitrogen and oxygen atoms in total. The van der Waals surface area contributed by atoms with E-state index in [9.17, 15) is 4.39 Å². The normalized spacial score (nSPS) is 18.6. The largest absolute Gasteiger partial charge is 0.494 e. The zero-order chi connectivity index (χ0) is 21.8. The maximum Gasteiger partial charge on any atom is 0.227 e. The molecule has 162 valence electrons. The molecular formula is C22H25FN6O2. The van der Waals surface area contributed by atoms with Crippen LogP contribution in [0.3, 0.4) is 0 Å². The number of ether oxygens (including phenoxy) is 2. The first-order valence-corrected chi connectivity index (χ1v) is 10.3. The molecule has 1 fully saturated rings. The molecule has 0 amide bonds. The average molecular weight is 424 g/mol. The summed E-state index contributed by atoms with van der Waals surface area (Å²) in [5.41, 5.74) is 1.78. The predicted molar refractivity (Wildman–Crippen MR) is 116 cm³/mol. The molecule has 0 aliphatic carbocycles. The zero-order valence-corrected chi connectivity index (χ0v) is 17.7. The van der Waals surface area contributed by atoms with Crippen LogP contribution in [0.1, 0.15) is 20.8 Å². The van der Waals surface area contributed by atoms with E-state index in [-0.39, 0.29) is 18.0 Å². The number of aromatic nitrogens is 4. The standard InChI is InChI=1S/C22H25FN6O2/c1-4-30-18-7-5-16(6-8-18)17-9-20(28-25-10-17)26-21-19(23)11-24-22(27-21)29-12-14(2)31-15(3)13-29/h5-11,14-15H,4,12-13H2,1-3H3,(H,24,26,27,28)/t14-,15+. The van der Waals surface area contributed by atoms with Crippen molar-refractivity contribution >= 4 is 17.6 Å². The third kappa shape index (κ3) is 5.05.